The van der Waals surface area contributed by atoms with Crippen LogP contribution in [0.1, 0.15) is 24.2 Å². The number of rotatable bonds is 4. The summed E-state index contributed by atoms with van der Waals surface area (Å²) in [5.41, 5.74) is -0.135. The van der Waals surface area contributed by atoms with E-state index in [1.807, 2.05) is 0 Å². The molecule has 0 aliphatic rings. The number of ketones is 1. The smallest absolute Gasteiger partial charge is 0.316 e. The molecule has 1 rings (SSSR count). The molecule has 92 valence electrons. The molecular formula is C12H14FNO3. The number of aromatic nitrogens is 1. The molecule has 5 heteroatoms. The Kier molecular flexibility index (Phi) is 4.31. The van der Waals surface area contributed by atoms with Crippen molar-refractivity contribution >= 4 is 11.8 Å². The quantitative estimate of drug-likeness (QED) is 0.457. The van der Waals surface area contributed by atoms with Gasteiger partial charge < -0.3 is 4.74 Å². The fourth-order valence-corrected chi connectivity index (χ4v) is 1.55. The van der Waals surface area contributed by atoms with Gasteiger partial charge in [0.15, 0.2) is 11.6 Å². The number of esters is 1. The van der Waals surface area contributed by atoms with E-state index in [2.05, 4.69) is 9.72 Å². The van der Waals surface area contributed by atoms with Gasteiger partial charge in [-0.25, -0.2) is 4.39 Å². The summed E-state index contributed by atoms with van der Waals surface area (Å²) in [5.74, 6) is -3.21. The largest absolute Gasteiger partial charge is 0.468 e. The fourth-order valence-electron chi connectivity index (χ4n) is 1.55. The van der Waals surface area contributed by atoms with E-state index in [0.29, 0.717) is 0 Å². The first-order valence-electron chi connectivity index (χ1n) is 5.20. The summed E-state index contributed by atoms with van der Waals surface area (Å²) in [4.78, 5) is 27.1. The highest BCUT2D eigenvalue weighted by molar-refractivity contribution is 6.08. The summed E-state index contributed by atoms with van der Waals surface area (Å²) < 4.78 is 18.0. The molecule has 0 saturated heterocycles. The maximum absolute atomic E-state index is 13.4. The van der Waals surface area contributed by atoms with Crippen LogP contribution in [0.4, 0.5) is 4.39 Å². The van der Waals surface area contributed by atoms with Crippen molar-refractivity contribution in [2.75, 3.05) is 7.11 Å². The van der Waals surface area contributed by atoms with Crippen LogP contribution in [0.5, 0.6) is 0 Å². The molecule has 1 aromatic heterocycles. The number of Topliss-reactive ketones (excluding diaryl/α,β-unsaturated/α-hetero) is 1. The van der Waals surface area contributed by atoms with Crippen LogP contribution in [-0.4, -0.2) is 23.8 Å². The van der Waals surface area contributed by atoms with Crippen molar-refractivity contribution in [1.82, 2.24) is 4.98 Å². The summed E-state index contributed by atoms with van der Waals surface area (Å²) in [5, 5.41) is 0. The van der Waals surface area contributed by atoms with Crippen molar-refractivity contribution in [2.45, 2.75) is 13.8 Å². The first kappa shape index (κ1) is 13.3. The molecule has 1 atom stereocenters. The van der Waals surface area contributed by atoms with Gasteiger partial charge in [0.05, 0.1) is 18.9 Å². The highest BCUT2D eigenvalue weighted by Crippen LogP contribution is 2.20. The van der Waals surface area contributed by atoms with Gasteiger partial charge in [0, 0.05) is 6.20 Å². The number of pyridine rings is 1. The molecule has 1 aromatic rings. The number of nitrogens with zero attached hydrogens (tertiary/aromatic N) is 1. The second kappa shape index (κ2) is 5.52. The molecule has 4 nitrogen and oxygen atoms in total. The van der Waals surface area contributed by atoms with E-state index in [1.165, 1.54) is 19.4 Å². The molecule has 0 aromatic carbocycles. The Hall–Kier alpha value is -1.78. The van der Waals surface area contributed by atoms with E-state index in [-0.39, 0.29) is 11.5 Å². The third-order valence-corrected chi connectivity index (χ3v) is 2.44. The minimum absolute atomic E-state index is 0.135. The predicted molar refractivity (Wildman–Crippen MR) is 58.9 cm³/mol. The summed E-state index contributed by atoms with van der Waals surface area (Å²) in [6, 6.07) is 1.26. The lowest BCUT2D eigenvalue weighted by molar-refractivity contribution is -0.144. The van der Waals surface area contributed by atoms with Gasteiger partial charge >= 0.3 is 5.97 Å². The van der Waals surface area contributed by atoms with Crippen LogP contribution in [0, 0.1) is 17.7 Å². The molecule has 0 aliphatic heterocycles. The van der Waals surface area contributed by atoms with E-state index in [4.69, 9.17) is 0 Å². The van der Waals surface area contributed by atoms with Crippen molar-refractivity contribution in [1.29, 1.82) is 0 Å². The van der Waals surface area contributed by atoms with E-state index in [0.717, 1.165) is 6.20 Å². The maximum Gasteiger partial charge on any atom is 0.316 e. The number of hydrogen-bond acceptors (Lipinski definition) is 4. The minimum atomic E-state index is -0.989. The normalized spacial score (nSPS) is 12.3. The molecule has 0 bridgehead atoms. The van der Waals surface area contributed by atoms with Gasteiger partial charge in [-0.2, -0.15) is 0 Å². The molecule has 1 unspecified atom stereocenters. The summed E-state index contributed by atoms with van der Waals surface area (Å²) >= 11 is 0. The summed E-state index contributed by atoms with van der Waals surface area (Å²) in [6.07, 6.45) is 2.26. The number of carbonyl (C=O) groups is 2. The monoisotopic (exact) mass is 239 g/mol. The number of ether oxygens (including phenoxy) is 1. The third-order valence-electron chi connectivity index (χ3n) is 2.44. The van der Waals surface area contributed by atoms with Crippen LogP contribution in [0.25, 0.3) is 0 Å². The molecule has 0 radical (unpaired) electrons. The lowest BCUT2D eigenvalue weighted by atomic mass is 9.88. The van der Waals surface area contributed by atoms with Crippen LogP contribution < -0.4 is 0 Å². The molecule has 0 saturated carbocycles. The first-order valence-corrected chi connectivity index (χ1v) is 5.20. The number of carbonyl (C=O) groups excluding carboxylic acids is 2. The molecule has 17 heavy (non-hydrogen) atoms. The standard InChI is InChI=1S/C12H14FNO3/c1-7(2)10(12(16)17-3)11(15)8-4-5-14-6-9(8)13/h4-7,10H,1-3H3. The van der Waals surface area contributed by atoms with Gasteiger partial charge in [-0.1, -0.05) is 13.8 Å². The van der Waals surface area contributed by atoms with Crippen molar-refractivity contribution in [3.8, 4) is 0 Å². The van der Waals surface area contributed by atoms with Crippen LogP contribution in [0.3, 0.4) is 0 Å². The molecule has 0 aliphatic carbocycles. The van der Waals surface area contributed by atoms with Crippen LogP contribution in [0.2, 0.25) is 0 Å². The Morgan fingerprint density at radius 1 is 1.41 bits per heavy atom. The zero-order valence-corrected chi connectivity index (χ0v) is 9.94. The molecule has 0 N–H and O–H groups in total. The van der Waals surface area contributed by atoms with Gasteiger partial charge in [0.1, 0.15) is 5.92 Å². The zero-order chi connectivity index (χ0) is 13.0. The van der Waals surface area contributed by atoms with Crippen LogP contribution in [-0.2, 0) is 9.53 Å². The highest BCUT2D eigenvalue weighted by Gasteiger charge is 2.32. The van der Waals surface area contributed by atoms with Crippen molar-refractivity contribution in [3.05, 3.63) is 29.8 Å². The number of methoxy groups -OCH3 is 1. The second-order valence-electron chi connectivity index (χ2n) is 3.96. The summed E-state index contributed by atoms with van der Waals surface area (Å²) in [7, 11) is 1.20. The number of hydrogen-bond donors (Lipinski definition) is 0. The minimum Gasteiger partial charge on any atom is -0.468 e. The lowest BCUT2D eigenvalue weighted by Gasteiger charge is -2.17. The van der Waals surface area contributed by atoms with Gasteiger partial charge in [0.25, 0.3) is 0 Å². The topological polar surface area (TPSA) is 56.3 Å². The molecular weight excluding hydrogens is 225 g/mol. The maximum atomic E-state index is 13.4. The average Bonchev–Trinajstić information content (AvgIpc) is 2.28. The Morgan fingerprint density at radius 3 is 2.53 bits per heavy atom. The van der Waals surface area contributed by atoms with Crippen molar-refractivity contribution in [2.24, 2.45) is 11.8 Å². The van der Waals surface area contributed by atoms with Gasteiger partial charge in [-0.05, 0) is 12.0 Å². The van der Waals surface area contributed by atoms with Gasteiger partial charge in [-0.15, -0.1) is 0 Å². The fraction of sp³-hybridized carbons (Fsp3) is 0.417. The molecule has 0 fully saturated rings. The van der Waals surface area contributed by atoms with E-state index in [9.17, 15) is 14.0 Å². The summed E-state index contributed by atoms with van der Waals surface area (Å²) in [6.45, 7) is 3.41. The zero-order valence-electron chi connectivity index (χ0n) is 9.94. The molecule has 1 heterocycles. The van der Waals surface area contributed by atoms with E-state index in [1.54, 1.807) is 13.8 Å². The van der Waals surface area contributed by atoms with Crippen molar-refractivity contribution < 1.29 is 18.7 Å². The number of halogens is 1. The van der Waals surface area contributed by atoms with E-state index >= 15 is 0 Å². The van der Waals surface area contributed by atoms with Gasteiger partial charge in [-0.3, -0.25) is 14.6 Å². The average molecular weight is 239 g/mol. The Bertz CT molecular complexity index is 432. The van der Waals surface area contributed by atoms with Crippen molar-refractivity contribution in [3.63, 3.8) is 0 Å². The lowest BCUT2D eigenvalue weighted by Crippen LogP contribution is -2.30. The third kappa shape index (κ3) is 2.87. The first-order chi connectivity index (χ1) is 7.99. The Balaban J connectivity index is 3.09. The SMILES string of the molecule is COC(=O)C(C(=O)c1ccncc1F)C(C)C. The predicted octanol–water partition coefficient (Wildman–Crippen LogP) is 1.85. The molecule has 0 amide bonds. The molecule has 0 spiro atoms. The van der Waals surface area contributed by atoms with Gasteiger partial charge in [0.2, 0.25) is 0 Å². The second-order valence-corrected chi connectivity index (χ2v) is 3.96. The Labute approximate surface area is 98.8 Å². The van der Waals surface area contributed by atoms with E-state index < -0.39 is 23.5 Å². The highest BCUT2D eigenvalue weighted by atomic mass is 19.1. The van der Waals surface area contributed by atoms with Crippen LogP contribution in [0.15, 0.2) is 18.5 Å². The Morgan fingerprint density at radius 2 is 2.06 bits per heavy atom. The van der Waals surface area contributed by atoms with Crippen LogP contribution >= 0.6 is 0 Å².